The molecule has 1 fully saturated rings. The van der Waals surface area contributed by atoms with E-state index < -0.39 is 37.7 Å². The lowest BCUT2D eigenvalue weighted by Gasteiger charge is -2.28. The number of pyridine rings is 1. The van der Waals surface area contributed by atoms with Gasteiger partial charge >= 0.3 is 11.5 Å². The summed E-state index contributed by atoms with van der Waals surface area (Å²) in [7, 11) is -5.55. The Bertz CT molecular complexity index is 1290. The number of nitrogens with zero attached hydrogens (tertiary/aromatic N) is 4. The summed E-state index contributed by atoms with van der Waals surface area (Å²) in [5.74, 6) is 0.0352. The van der Waals surface area contributed by atoms with Crippen molar-refractivity contribution in [2.24, 2.45) is 4.99 Å². The molecule has 4 rings (SSSR count). The summed E-state index contributed by atoms with van der Waals surface area (Å²) in [4.78, 5) is 36.1. The SMILES string of the molecule is CC1(C)C(=O)N(c2ccc(S(=O)(=O)C(F)(F)F)cc2)C(=O)N1Cc1ccncc1C1=NCCN1. The number of hydrogen-bond donors (Lipinski definition) is 1. The molecule has 180 valence electrons. The van der Waals surface area contributed by atoms with Gasteiger partial charge in [0, 0.05) is 31.0 Å². The summed E-state index contributed by atoms with van der Waals surface area (Å²) in [6.45, 7) is 4.44. The van der Waals surface area contributed by atoms with Crippen LogP contribution in [-0.4, -0.2) is 60.2 Å². The highest BCUT2D eigenvalue weighted by Crippen LogP contribution is 2.35. The Balaban J connectivity index is 1.65. The van der Waals surface area contributed by atoms with Crippen LogP contribution in [0.15, 0.2) is 52.6 Å². The second kappa shape index (κ2) is 8.08. The molecule has 34 heavy (non-hydrogen) atoms. The molecule has 1 aromatic heterocycles. The van der Waals surface area contributed by atoms with E-state index in [1.54, 1.807) is 32.3 Å². The fourth-order valence-electron chi connectivity index (χ4n) is 3.76. The minimum Gasteiger partial charge on any atom is -0.368 e. The predicted molar refractivity (Wildman–Crippen MR) is 116 cm³/mol. The van der Waals surface area contributed by atoms with Crippen LogP contribution in [0.5, 0.6) is 0 Å². The number of amides is 3. The van der Waals surface area contributed by atoms with Crippen LogP contribution in [0.4, 0.5) is 23.7 Å². The minimum absolute atomic E-state index is 0.0384. The Morgan fingerprint density at radius 2 is 1.79 bits per heavy atom. The molecule has 0 atom stereocenters. The minimum atomic E-state index is -5.55. The van der Waals surface area contributed by atoms with E-state index in [2.05, 4.69) is 15.3 Å². The fourth-order valence-corrected chi connectivity index (χ4v) is 4.52. The molecular weight excluding hydrogens is 475 g/mol. The topological polar surface area (TPSA) is 112 Å². The average molecular weight is 495 g/mol. The highest BCUT2D eigenvalue weighted by Gasteiger charge is 2.52. The molecule has 2 aromatic rings. The van der Waals surface area contributed by atoms with E-state index in [0.29, 0.717) is 30.1 Å². The van der Waals surface area contributed by atoms with Gasteiger partial charge < -0.3 is 10.2 Å². The molecular formula is C21H20F3N5O4S. The number of benzene rings is 1. The summed E-state index contributed by atoms with van der Waals surface area (Å²) < 4.78 is 61.7. The van der Waals surface area contributed by atoms with Gasteiger partial charge in [-0.2, -0.15) is 13.2 Å². The molecule has 1 aromatic carbocycles. The molecule has 0 spiro atoms. The van der Waals surface area contributed by atoms with Crippen molar-refractivity contribution in [3.63, 3.8) is 0 Å². The van der Waals surface area contributed by atoms with Gasteiger partial charge in [0.2, 0.25) is 0 Å². The number of carbonyl (C=O) groups excluding carboxylic acids is 2. The monoisotopic (exact) mass is 495 g/mol. The van der Waals surface area contributed by atoms with Crippen molar-refractivity contribution < 1.29 is 31.2 Å². The Hall–Kier alpha value is -3.48. The molecule has 2 aliphatic heterocycles. The first-order chi connectivity index (χ1) is 15.9. The number of rotatable bonds is 5. The molecule has 0 unspecified atom stereocenters. The van der Waals surface area contributed by atoms with Crippen LogP contribution in [0, 0.1) is 0 Å². The first-order valence-electron chi connectivity index (χ1n) is 10.1. The van der Waals surface area contributed by atoms with Crippen molar-refractivity contribution in [3.8, 4) is 0 Å². The maximum Gasteiger partial charge on any atom is 0.501 e. The number of imide groups is 1. The van der Waals surface area contributed by atoms with Crippen LogP contribution < -0.4 is 10.2 Å². The normalized spacial score (nSPS) is 18.3. The van der Waals surface area contributed by atoms with Gasteiger partial charge in [-0.25, -0.2) is 18.1 Å². The molecule has 0 radical (unpaired) electrons. The molecule has 1 saturated heterocycles. The van der Waals surface area contributed by atoms with Crippen molar-refractivity contribution in [3.05, 3.63) is 53.9 Å². The number of sulfone groups is 1. The number of anilines is 1. The number of amidine groups is 1. The van der Waals surface area contributed by atoms with Crippen LogP contribution in [0.2, 0.25) is 0 Å². The Labute approximate surface area is 193 Å². The number of nitrogens with one attached hydrogen (secondary N) is 1. The van der Waals surface area contributed by atoms with Crippen molar-refractivity contribution >= 4 is 33.3 Å². The summed E-state index contributed by atoms with van der Waals surface area (Å²) in [5, 5.41) is 3.14. The summed E-state index contributed by atoms with van der Waals surface area (Å²) >= 11 is 0. The molecule has 9 nitrogen and oxygen atoms in total. The van der Waals surface area contributed by atoms with E-state index in [1.807, 2.05) is 0 Å². The lowest BCUT2D eigenvalue weighted by Crippen LogP contribution is -2.44. The highest BCUT2D eigenvalue weighted by atomic mass is 32.2. The fraction of sp³-hybridized carbons (Fsp3) is 0.333. The van der Waals surface area contributed by atoms with E-state index in [1.165, 1.54) is 4.90 Å². The van der Waals surface area contributed by atoms with E-state index >= 15 is 0 Å². The Morgan fingerprint density at radius 3 is 2.38 bits per heavy atom. The second-order valence-corrected chi connectivity index (χ2v) is 10.1. The summed E-state index contributed by atoms with van der Waals surface area (Å²) in [6, 6.07) is 4.47. The lowest BCUT2D eigenvalue weighted by atomic mass is 10.0. The number of urea groups is 1. The van der Waals surface area contributed by atoms with Gasteiger partial charge in [0.15, 0.2) is 0 Å². The van der Waals surface area contributed by atoms with Gasteiger partial charge in [0.1, 0.15) is 11.4 Å². The largest absolute Gasteiger partial charge is 0.501 e. The van der Waals surface area contributed by atoms with Crippen molar-refractivity contribution in [2.75, 3.05) is 18.0 Å². The van der Waals surface area contributed by atoms with Crippen LogP contribution in [0.3, 0.4) is 0 Å². The third-order valence-electron chi connectivity index (χ3n) is 5.70. The van der Waals surface area contributed by atoms with Crippen molar-refractivity contribution in [1.82, 2.24) is 15.2 Å². The van der Waals surface area contributed by atoms with Gasteiger partial charge in [-0.15, -0.1) is 0 Å². The highest BCUT2D eigenvalue weighted by molar-refractivity contribution is 7.92. The summed E-state index contributed by atoms with van der Waals surface area (Å²) in [5.41, 5.74) is -5.39. The van der Waals surface area contributed by atoms with Crippen LogP contribution in [0.1, 0.15) is 25.0 Å². The number of halogens is 3. The zero-order valence-electron chi connectivity index (χ0n) is 18.1. The van der Waals surface area contributed by atoms with Crippen molar-refractivity contribution in [2.45, 2.75) is 36.3 Å². The number of hydrogen-bond acceptors (Lipinski definition) is 7. The van der Waals surface area contributed by atoms with Gasteiger partial charge in [0.25, 0.3) is 15.7 Å². The van der Waals surface area contributed by atoms with Gasteiger partial charge in [-0.3, -0.25) is 14.8 Å². The van der Waals surface area contributed by atoms with Gasteiger partial charge in [0.05, 0.1) is 17.1 Å². The molecule has 1 N–H and O–H groups in total. The standard InChI is InChI=1S/C21H20F3N5O4S/c1-20(2)18(30)29(14-3-5-15(6-4-14)34(32,33)21(22,23)24)19(31)28(20)12-13-7-8-25-11-16(13)17-26-9-10-27-17/h3-8,11H,9-10,12H2,1-2H3,(H,26,27). The van der Waals surface area contributed by atoms with Gasteiger partial charge in [-0.05, 0) is 49.7 Å². The number of aromatic nitrogens is 1. The maximum absolute atomic E-state index is 13.3. The molecule has 0 aliphatic carbocycles. The third-order valence-corrected chi connectivity index (χ3v) is 7.20. The zero-order chi connectivity index (χ0) is 24.9. The maximum atomic E-state index is 13.3. The van der Waals surface area contributed by atoms with Crippen molar-refractivity contribution in [1.29, 1.82) is 0 Å². The molecule has 3 amide bonds. The van der Waals surface area contributed by atoms with E-state index in [-0.39, 0.29) is 12.2 Å². The zero-order valence-corrected chi connectivity index (χ0v) is 18.9. The van der Waals surface area contributed by atoms with Crippen LogP contribution in [0.25, 0.3) is 0 Å². The molecule has 3 heterocycles. The number of aliphatic imine (C=N–C) groups is 1. The predicted octanol–water partition coefficient (Wildman–Crippen LogP) is 2.47. The van der Waals surface area contributed by atoms with E-state index in [9.17, 15) is 31.2 Å². The summed E-state index contributed by atoms with van der Waals surface area (Å²) in [6.07, 6.45) is 3.17. The smallest absolute Gasteiger partial charge is 0.368 e. The quantitative estimate of drug-likeness (QED) is 0.638. The van der Waals surface area contributed by atoms with E-state index in [4.69, 9.17) is 0 Å². The van der Waals surface area contributed by atoms with Crippen LogP contribution in [-0.2, 0) is 21.2 Å². The average Bonchev–Trinajstić information content (AvgIpc) is 3.36. The van der Waals surface area contributed by atoms with Gasteiger partial charge in [-0.1, -0.05) is 0 Å². The molecule has 0 saturated carbocycles. The molecule has 0 bridgehead atoms. The van der Waals surface area contributed by atoms with Crippen LogP contribution >= 0.6 is 0 Å². The Kier molecular flexibility index (Phi) is 5.62. The number of alkyl halides is 3. The molecule has 13 heteroatoms. The molecule has 2 aliphatic rings. The third kappa shape index (κ3) is 3.79. The Morgan fingerprint density at radius 1 is 1.12 bits per heavy atom. The second-order valence-electron chi connectivity index (χ2n) is 8.20. The first-order valence-corrected chi connectivity index (χ1v) is 11.6. The van der Waals surface area contributed by atoms with E-state index in [0.717, 1.165) is 29.2 Å². The first kappa shape index (κ1) is 23.7. The lowest BCUT2D eigenvalue weighted by molar-refractivity contribution is -0.123. The number of carbonyl (C=O) groups is 2.